The molecule has 2 aromatic carbocycles. The summed E-state index contributed by atoms with van der Waals surface area (Å²) in [6.07, 6.45) is 2.64. The maximum absolute atomic E-state index is 11.1. The molecule has 0 aliphatic carbocycles. The third-order valence-corrected chi connectivity index (χ3v) is 3.04. The molecular formula is C15H14O4. The number of rotatable bonds is 2. The molecule has 0 atom stereocenters. The first-order valence-corrected chi connectivity index (χ1v) is 5.75. The summed E-state index contributed by atoms with van der Waals surface area (Å²) in [4.78, 5) is 11.1. The minimum Gasteiger partial charge on any atom is -0.507 e. The molecule has 0 radical (unpaired) electrons. The molecule has 19 heavy (non-hydrogen) atoms. The van der Waals surface area contributed by atoms with E-state index in [0.29, 0.717) is 21.9 Å². The molecule has 0 unspecified atom stereocenters. The zero-order valence-electron chi connectivity index (χ0n) is 10.7. The summed E-state index contributed by atoms with van der Waals surface area (Å²) in [7, 11) is 1.28. The number of carbonyl (C=O) groups excluding carboxylic acids is 1. The lowest BCUT2D eigenvalue weighted by molar-refractivity contribution is -0.134. The fourth-order valence-electron chi connectivity index (χ4n) is 1.97. The van der Waals surface area contributed by atoms with Crippen molar-refractivity contribution in [2.75, 3.05) is 7.11 Å². The molecule has 0 saturated carbocycles. The van der Waals surface area contributed by atoms with Crippen LogP contribution in [0.1, 0.15) is 11.1 Å². The molecule has 0 amide bonds. The SMILES string of the molecule is COC(=O)/C=C/c1c(C)c(O)c2ccccc2c1O. The number of fused-ring (bicyclic) bond motifs is 1. The van der Waals surface area contributed by atoms with E-state index in [-0.39, 0.29) is 11.5 Å². The van der Waals surface area contributed by atoms with Crippen molar-refractivity contribution in [3.05, 3.63) is 41.5 Å². The number of phenols is 2. The molecule has 0 aromatic heterocycles. The number of aromatic hydroxyl groups is 2. The van der Waals surface area contributed by atoms with Gasteiger partial charge in [0.15, 0.2) is 0 Å². The second kappa shape index (κ2) is 5.02. The lowest BCUT2D eigenvalue weighted by Gasteiger charge is -2.11. The molecule has 98 valence electrons. The summed E-state index contributed by atoms with van der Waals surface area (Å²) in [5.74, 6) is -0.393. The topological polar surface area (TPSA) is 66.8 Å². The highest BCUT2D eigenvalue weighted by atomic mass is 16.5. The lowest BCUT2D eigenvalue weighted by atomic mass is 9.98. The fourth-order valence-corrected chi connectivity index (χ4v) is 1.97. The molecule has 0 aliphatic rings. The van der Waals surface area contributed by atoms with E-state index in [9.17, 15) is 15.0 Å². The summed E-state index contributed by atoms with van der Waals surface area (Å²) < 4.78 is 4.50. The van der Waals surface area contributed by atoms with Gasteiger partial charge in [0.05, 0.1) is 7.11 Å². The van der Waals surface area contributed by atoms with Crippen molar-refractivity contribution in [2.24, 2.45) is 0 Å². The molecule has 4 heteroatoms. The highest BCUT2D eigenvalue weighted by Gasteiger charge is 2.13. The van der Waals surface area contributed by atoms with Gasteiger partial charge in [-0.25, -0.2) is 4.79 Å². The second-order valence-corrected chi connectivity index (χ2v) is 4.14. The summed E-state index contributed by atoms with van der Waals surface area (Å²) in [5.41, 5.74) is 0.915. The van der Waals surface area contributed by atoms with Crippen LogP contribution >= 0.6 is 0 Å². The summed E-state index contributed by atoms with van der Waals surface area (Å²) in [6, 6.07) is 6.99. The molecule has 0 aliphatic heterocycles. The Morgan fingerprint density at radius 2 is 1.74 bits per heavy atom. The molecule has 0 spiro atoms. The second-order valence-electron chi connectivity index (χ2n) is 4.14. The van der Waals surface area contributed by atoms with Crippen LogP contribution in [0.2, 0.25) is 0 Å². The Balaban J connectivity index is 2.68. The first-order valence-electron chi connectivity index (χ1n) is 5.75. The van der Waals surface area contributed by atoms with Gasteiger partial charge in [0.1, 0.15) is 11.5 Å². The van der Waals surface area contributed by atoms with E-state index in [1.807, 2.05) is 0 Å². The number of benzene rings is 2. The number of methoxy groups -OCH3 is 1. The number of hydrogen-bond acceptors (Lipinski definition) is 4. The lowest BCUT2D eigenvalue weighted by Crippen LogP contribution is -1.94. The van der Waals surface area contributed by atoms with Crippen molar-refractivity contribution < 1.29 is 19.7 Å². The number of esters is 1. The maximum atomic E-state index is 11.1. The first-order chi connectivity index (χ1) is 9.06. The number of phenolic OH excluding ortho intramolecular Hbond substituents is 2. The largest absolute Gasteiger partial charge is 0.507 e. The molecule has 0 fully saturated rings. The standard InChI is InChI=1S/C15H14O4/c1-9-10(7-8-13(16)19-2)15(18)12-6-4-3-5-11(12)14(9)17/h3-8,17-18H,1-2H3/b8-7+. The van der Waals surface area contributed by atoms with Crippen LogP contribution in [-0.4, -0.2) is 23.3 Å². The van der Waals surface area contributed by atoms with Crippen LogP contribution in [0.3, 0.4) is 0 Å². The van der Waals surface area contributed by atoms with Gasteiger partial charge in [0, 0.05) is 28.0 Å². The predicted molar refractivity (Wildman–Crippen MR) is 73.1 cm³/mol. The summed E-state index contributed by atoms with van der Waals surface area (Å²) in [6.45, 7) is 1.68. The summed E-state index contributed by atoms with van der Waals surface area (Å²) in [5, 5.41) is 21.5. The predicted octanol–water partition coefficient (Wildman–Crippen LogP) is 2.75. The molecule has 2 N–H and O–H groups in total. The molecule has 0 heterocycles. The Morgan fingerprint density at radius 3 is 2.32 bits per heavy atom. The maximum Gasteiger partial charge on any atom is 0.330 e. The van der Waals surface area contributed by atoms with Gasteiger partial charge in [-0.15, -0.1) is 0 Å². The molecule has 0 bridgehead atoms. The minimum absolute atomic E-state index is 0.0334. The number of carbonyl (C=O) groups is 1. The molecule has 4 nitrogen and oxygen atoms in total. The Labute approximate surface area is 110 Å². The van der Waals surface area contributed by atoms with Crippen LogP contribution in [0.15, 0.2) is 30.3 Å². The van der Waals surface area contributed by atoms with Crippen molar-refractivity contribution in [3.8, 4) is 11.5 Å². The van der Waals surface area contributed by atoms with Crippen LogP contribution in [-0.2, 0) is 9.53 Å². The van der Waals surface area contributed by atoms with Gasteiger partial charge in [0.2, 0.25) is 0 Å². The van der Waals surface area contributed by atoms with Crippen molar-refractivity contribution in [2.45, 2.75) is 6.92 Å². The van der Waals surface area contributed by atoms with Crippen LogP contribution in [0.25, 0.3) is 16.8 Å². The van der Waals surface area contributed by atoms with E-state index in [2.05, 4.69) is 4.74 Å². The molecule has 2 rings (SSSR count). The quantitative estimate of drug-likeness (QED) is 0.494. The monoisotopic (exact) mass is 258 g/mol. The Bertz CT molecular complexity index is 671. The van der Waals surface area contributed by atoms with Crippen LogP contribution in [0.5, 0.6) is 11.5 Å². The van der Waals surface area contributed by atoms with Gasteiger partial charge >= 0.3 is 5.97 Å². The van der Waals surface area contributed by atoms with Gasteiger partial charge in [-0.3, -0.25) is 0 Å². The van der Waals surface area contributed by atoms with Crippen molar-refractivity contribution in [3.63, 3.8) is 0 Å². The van der Waals surface area contributed by atoms with E-state index >= 15 is 0 Å². The highest BCUT2D eigenvalue weighted by molar-refractivity contribution is 5.99. The molecule has 2 aromatic rings. The number of ether oxygens (including phenoxy) is 1. The summed E-state index contributed by atoms with van der Waals surface area (Å²) >= 11 is 0. The van der Waals surface area contributed by atoms with Gasteiger partial charge in [-0.1, -0.05) is 24.3 Å². The van der Waals surface area contributed by atoms with Crippen molar-refractivity contribution in [1.82, 2.24) is 0 Å². The van der Waals surface area contributed by atoms with Crippen LogP contribution < -0.4 is 0 Å². The average Bonchev–Trinajstić information content (AvgIpc) is 2.44. The fraction of sp³-hybridized carbons (Fsp3) is 0.133. The van der Waals surface area contributed by atoms with E-state index in [1.54, 1.807) is 31.2 Å². The zero-order valence-corrected chi connectivity index (χ0v) is 10.7. The van der Waals surface area contributed by atoms with E-state index < -0.39 is 5.97 Å². The Hall–Kier alpha value is -2.49. The molecular weight excluding hydrogens is 244 g/mol. The average molecular weight is 258 g/mol. The van der Waals surface area contributed by atoms with E-state index in [1.165, 1.54) is 19.3 Å². The third-order valence-electron chi connectivity index (χ3n) is 3.04. The Kier molecular flexibility index (Phi) is 3.42. The van der Waals surface area contributed by atoms with E-state index in [4.69, 9.17) is 0 Å². The smallest absolute Gasteiger partial charge is 0.330 e. The number of hydrogen-bond donors (Lipinski definition) is 2. The highest BCUT2D eigenvalue weighted by Crippen LogP contribution is 2.39. The van der Waals surface area contributed by atoms with Crippen LogP contribution in [0.4, 0.5) is 0 Å². The van der Waals surface area contributed by atoms with Crippen molar-refractivity contribution in [1.29, 1.82) is 0 Å². The van der Waals surface area contributed by atoms with Gasteiger partial charge in [-0.05, 0) is 13.0 Å². The van der Waals surface area contributed by atoms with Gasteiger partial charge in [0.25, 0.3) is 0 Å². The first kappa shape index (κ1) is 13.0. The normalized spacial score (nSPS) is 11.1. The zero-order chi connectivity index (χ0) is 14.0. The third kappa shape index (κ3) is 2.25. The van der Waals surface area contributed by atoms with Crippen molar-refractivity contribution >= 4 is 22.8 Å². The van der Waals surface area contributed by atoms with Gasteiger partial charge in [-0.2, -0.15) is 0 Å². The minimum atomic E-state index is -0.522. The Morgan fingerprint density at radius 1 is 1.16 bits per heavy atom. The molecule has 0 saturated heterocycles. The van der Waals surface area contributed by atoms with E-state index in [0.717, 1.165) is 0 Å². The van der Waals surface area contributed by atoms with Crippen LogP contribution in [0, 0.1) is 6.92 Å². The van der Waals surface area contributed by atoms with Gasteiger partial charge < -0.3 is 14.9 Å².